The number of carbonyl (C=O) groups is 3. The summed E-state index contributed by atoms with van der Waals surface area (Å²) in [5.74, 6) is -0.727. The van der Waals surface area contributed by atoms with Crippen LogP contribution in [0.3, 0.4) is 0 Å². The third-order valence-electron chi connectivity index (χ3n) is 7.22. The lowest BCUT2D eigenvalue weighted by Crippen LogP contribution is -2.42. The molecule has 0 aliphatic carbocycles. The number of nitrogens with zero attached hydrogens (tertiary/aromatic N) is 5. The molecule has 0 bridgehead atoms. The number of halogens is 3. The van der Waals surface area contributed by atoms with Crippen LogP contribution in [-0.2, 0) is 10.9 Å². The number of hydrogen-bond acceptors (Lipinski definition) is 8. The fraction of sp³-hybridized carbons (Fsp3) is 0.548. The highest BCUT2D eigenvalue weighted by Crippen LogP contribution is 2.34. The third kappa shape index (κ3) is 11.6. The normalized spacial score (nSPS) is 17.9. The molecule has 48 heavy (non-hydrogen) atoms. The summed E-state index contributed by atoms with van der Waals surface area (Å²) in [6.07, 6.45) is 0.440. The van der Waals surface area contributed by atoms with Crippen molar-refractivity contribution in [1.29, 1.82) is 0 Å². The van der Waals surface area contributed by atoms with E-state index in [1.165, 1.54) is 23.2 Å². The van der Waals surface area contributed by atoms with Gasteiger partial charge in [-0.1, -0.05) is 29.5 Å². The molecule has 2 aromatic rings. The van der Waals surface area contributed by atoms with Gasteiger partial charge in [0.1, 0.15) is 5.60 Å². The standard InChI is InChI=1S/C21H24F3N3O3S.C10H18N4O2S/c1-20(2,3)30-19(29)27-10-6-7-13(27)11-25-18-26-12-16(31-18)17(28)14-8-4-5-9-15(14)21(22,23)24;1-13(2)7-12-9(17)11-6-8-4-3-5-14(8)10(15)16/h4-5,8-9,12-13H,6-7,10-11H2,1-3H3,(H,25,26);7-8H,3-6H2,1-2H3,(H,11,17)(H,15,16)/t13-;8-/m00/s1. The van der Waals surface area contributed by atoms with Crippen molar-refractivity contribution < 1.29 is 37.4 Å². The maximum Gasteiger partial charge on any atom is 0.417 e. The van der Waals surface area contributed by atoms with Crippen LogP contribution in [0.25, 0.3) is 0 Å². The molecule has 4 rings (SSSR count). The van der Waals surface area contributed by atoms with Crippen LogP contribution in [-0.4, -0.2) is 112 Å². The van der Waals surface area contributed by atoms with Gasteiger partial charge in [0.25, 0.3) is 0 Å². The highest BCUT2D eigenvalue weighted by atomic mass is 32.1. The van der Waals surface area contributed by atoms with Crippen molar-refractivity contribution in [3.05, 3.63) is 46.5 Å². The Morgan fingerprint density at radius 3 is 2.33 bits per heavy atom. The first-order chi connectivity index (χ1) is 22.5. The Labute approximate surface area is 287 Å². The zero-order chi connectivity index (χ0) is 35.6. The number of carboxylic acid groups (broad SMARTS) is 1. The van der Waals surface area contributed by atoms with Gasteiger partial charge in [-0.2, -0.15) is 13.2 Å². The van der Waals surface area contributed by atoms with Gasteiger partial charge in [0.15, 0.2) is 10.2 Å². The average Bonchev–Trinajstić information content (AvgIpc) is 3.77. The Balaban J connectivity index is 0.000000311. The number of ether oxygens (including phenoxy) is 1. The Kier molecular flexibility index (Phi) is 13.5. The number of benzene rings is 1. The van der Waals surface area contributed by atoms with E-state index in [2.05, 4.69) is 20.6 Å². The van der Waals surface area contributed by atoms with Gasteiger partial charge in [-0.3, -0.25) is 4.79 Å². The SMILES string of the molecule is CC(C)(C)OC(=O)N1CCC[C@H]1CNc1ncc(C(=O)c2ccccc2C(F)(F)F)s1.CN(C)C=NC(=S)NC[C@@H]1CCCN1C(=O)O. The lowest BCUT2D eigenvalue weighted by molar-refractivity contribution is -0.137. The minimum Gasteiger partial charge on any atom is -0.465 e. The van der Waals surface area contributed by atoms with E-state index in [4.69, 9.17) is 22.1 Å². The van der Waals surface area contributed by atoms with Crippen LogP contribution in [0.5, 0.6) is 0 Å². The maximum atomic E-state index is 13.2. The van der Waals surface area contributed by atoms with Gasteiger partial charge in [-0.25, -0.2) is 19.6 Å². The Morgan fingerprint density at radius 1 is 1.10 bits per heavy atom. The van der Waals surface area contributed by atoms with Gasteiger partial charge in [-0.15, -0.1) is 0 Å². The number of carbonyl (C=O) groups excluding carboxylic acids is 2. The fourth-order valence-corrected chi connectivity index (χ4v) is 5.96. The summed E-state index contributed by atoms with van der Waals surface area (Å²) in [5.41, 5.74) is -1.96. The lowest BCUT2D eigenvalue weighted by atomic mass is 10.0. The Hall–Kier alpha value is -3.99. The highest BCUT2D eigenvalue weighted by molar-refractivity contribution is 7.80. The van der Waals surface area contributed by atoms with Gasteiger partial charge in [0.05, 0.1) is 35.1 Å². The second kappa shape index (κ2) is 16.9. The van der Waals surface area contributed by atoms with Crippen LogP contribution in [0.15, 0.2) is 35.5 Å². The van der Waals surface area contributed by atoms with Crippen LogP contribution < -0.4 is 10.6 Å². The van der Waals surface area contributed by atoms with Crippen molar-refractivity contribution in [1.82, 2.24) is 25.0 Å². The van der Waals surface area contributed by atoms with Crippen molar-refractivity contribution in [2.45, 2.75) is 70.3 Å². The topological polar surface area (TPSA) is 140 Å². The van der Waals surface area contributed by atoms with Gasteiger partial charge in [0, 0.05) is 45.8 Å². The van der Waals surface area contributed by atoms with Crippen molar-refractivity contribution in [3.8, 4) is 0 Å². The van der Waals surface area contributed by atoms with Crippen molar-refractivity contribution in [2.24, 2.45) is 4.99 Å². The van der Waals surface area contributed by atoms with Gasteiger partial charge in [0.2, 0.25) is 5.78 Å². The van der Waals surface area contributed by atoms with Crippen LogP contribution in [0.2, 0.25) is 0 Å². The first-order valence-corrected chi connectivity index (χ1v) is 16.6. The summed E-state index contributed by atoms with van der Waals surface area (Å²) in [5, 5.41) is 15.8. The second-order valence-corrected chi connectivity index (χ2v) is 13.8. The van der Waals surface area contributed by atoms with E-state index >= 15 is 0 Å². The summed E-state index contributed by atoms with van der Waals surface area (Å²) in [6, 6.07) is 4.60. The van der Waals surface area contributed by atoms with E-state index in [-0.39, 0.29) is 23.1 Å². The number of thiocarbonyl (C=S) groups is 1. The molecule has 3 heterocycles. The summed E-state index contributed by atoms with van der Waals surface area (Å²) in [7, 11) is 3.71. The minimum atomic E-state index is -4.62. The predicted molar refractivity (Wildman–Crippen MR) is 182 cm³/mol. The maximum absolute atomic E-state index is 13.2. The summed E-state index contributed by atoms with van der Waals surface area (Å²) in [6.45, 7) is 7.54. The molecule has 2 aliphatic rings. The van der Waals surface area contributed by atoms with Gasteiger partial charge in [-0.05, 0) is 64.7 Å². The summed E-state index contributed by atoms with van der Waals surface area (Å²) >= 11 is 5.99. The molecule has 0 radical (unpaired) electrons. The van der Waals surface area contributed by atoms with E-state index in [1.54, 1.807) is 36.9 Å². The smallest absolute Gasteiger partial charge is 0.417 e. The number of aromatic nitrogens is 1. The second-order valence-electron chi connectivity index (χ2n) is 12.4. The van der Waals surface area contributed by atoms with Crippen LogP contribution in [0.4, 0.5) is 27.9 Å². The van der Waals surface area contributed by atoms with E-state index in [0.29, 0.717) is 36.4 Å². The molecule has 2 fully saturated rings. The van der Waals surface area contributed by atoms with E-state index in [0.717, 1.165) is 49.2 Å². The number of rotatable bonds is 8. The molecule has 0 unspecified atom stereocenters. The number of nitrogens with one attached hydrogen (secondary N) is 2. The Morgan fingerprint density at radius 2 is 1.73 bits per heavy atom. The number of aliphatic imine (C=N–C) groups is 1. The van der Waals surface area contributed by atoms with Crippen LogP contribution >= 0.6 is 23.6 Å². The zero-order valence-electron chi connectivity index (χ0n) is 27.5. The fourth-order valence-electron chi connectivity index (χ4n) is 5.05. The molecular weight excluding hydrogens is 672 g/mol. The Bertz CT molecular complexity index is 1460. The number of amides is 2. The van der Waals surface area contributed by atoms with E-state index < -0.39 is 34.8 Å². The molecule has 2 saturated heterocycles. The molecule has 1 aromatic heterocycles. The molecule has 264 valence electrons. The number of hydrogen-bond donors (Lipinski definition) is 3. The van der Waals surface area contributed by atoms with Crippen LogP contribution in [0.1, 0.15) is 67.3 Å². The molecule has 12 nitrogen and oxygen atoms in total. The number of anilines is 1. The third-order valence-corrected chi connectivity index (χ3v) is 8.42. The summed E-state index contributed by atoms with van der Waals surface area (Å²) in [4.78, 5) is 49.0. The van der Waals surface area contributed by atoms with Crippen molar-refractivity contribution >= 4 is 58.1 Å². The first kappa shape index (κ1) is 38.5. The molecule has 3 N–H and O–H groups in total. The van der Waals surface area contributed by atoms with E-state index in [9.17, 15) is 27.6 Å². The lowest BCUT2D eigenvalue weighted by Gasteiger charge is -2.28. The molecule has 2 aliphatic heterocycles. The molecule has 2 amide bonds. The minimum absolute atomic E-state index is 0.00000567. The van der Waals surface area contributed by atoms with Crippen LogP contribution in [0, 0.1) is 0 Å². The highest BCUT2D eigenvalue weighted by Gasteiger charge is 2.36. The van der Waals surface area contributed by atoms with Crippen molar-refractivity contribution in [3.63, 3.8) is 0 Å². The molecule has 2 atom stereocenters. The number of likely N-dealkylation sites (tertiary alicyclic amines) is 2. The quantitative estimate of drug-likeness (QED) is 0.133. The molecule has 0 saturated carbocycles. The molecule has 1 aromatic carbocycles. The number of thiazole rings is 1. The van der Waals surface area contributed by atoms with Gasteiger partial charge >= 0.3 is 18.4 Å². The van der Waals surface area contributed by atoms with E-state index in [1.807, 2.05) is 14.1 Å². The molecule has 17 heteroatoms. The molecule has 0 spiro atoms. The largest absolute Gasteiger partial charge is 0.465 e. The predicted octanol–water partition coefficient (Wildman–Crippen LogP) is 5.80. The molecular formula is C31H42F3N7O5S2. The van der Waals surface area contributed by atoms with Crippen molar-refractivity contribution in [2.75, 3.05) is 45.6 Å². The number of ketones is 1. The monoisotopic (exact) mass is 713 g/mol. The average molecular weight is 714 g/mol. The summed E-state index contributed by atoms with van der Waals surface area (Å²) < 4.78 is 45.1. The number of alkyl halides is 3. The van der Waals surface area contributed by atoms with Gasteiger partial charge < -0.3 is 35.2 Å². The first-order valence-electron chi connectivity index (χ1n) is 15.3. The zero-order valence-corrected chi connectivity index (χ0v) is 29.2.